The molecule has 128 valence electrons. The Bertz CT molecular complexity index is 670. The first-order chi connectivity index (χ1) is 11.7. The fourth-order valence-corrected chi connectivity index (χ4v) is 3.15. The van der Waals surface area contributed by atoms with Crippen LogP contribution in [0.25, 0.3) is 0 Å². The number of hydrogen-bond donors (Lipinski definition) is 1. The summed E-state index contributed by atoms with van der Waals surface area (Å²) in [5.41, 5.74) is 0.800. The van der Waals surface area contributed by atoms with E-state index < -0.39 is 0 Å². The Morgan fingerprint density at radius 2 is 2.00 bits per heavy atom. The number of ether oxygens (including phenoxy) is 1. The topological polar surface area (TPSA) is 72.3 Å². The number of thioether (sulfide) groups is 1. The summed E-state index contributed by atoms with van der Waals surface area (Å²) < 4.78 is 7.31. The molecule has 0 aliphatic carbocycles. The molecule has 1 amide bonds. The predicted molar refractivity (Wildman–Crippen MR) is 92.9 cm³/mol. The molecule has 0 atom stereocenters. The van der Waals surface area contributed by atoms with E-state index in [4.69, 9.17) is 4.74 Å². The van der Waals surface area contributed by atoms with Crippen LogP contribution in [-0.4, -0.2) is 57.6 Å². The number of aromatic nitrogens is 3. The largest absolute Gasteiger partial charge is 0.379 e. The lowest BCUT2D eigenvalue weighted by Crippen LogP contribution is -2.36. The number of carbonyl (C=O) groups is 1. The number of hydrogen-bond acceptors (Lipinski definition) is 6. The van der Waals surface area contributed by atoms with Crippen molar-refractivity contribution in [2.75, 3.05) is 37.4 Å². The maximum Gasteiger partial charge on any atom is 0.234 e. The summed E-state index contributed by atoms with van der Waals surface area (Å²) in [4.78, 5) is 14.3. The average molecular weight is 347 g/mol. The van der Waals surface area contributed by atoms with Gasteiger partial charge in [-0.1, -0.05) is 30.0 Å². The van der Waals surface area contributed by atoms with Crippen molar-refractivity contribution in [2.45, 2.75) is 11.7 Å². The van der Waals surface area contributed by atoms with Crippen molar-refractivity contribution < 1.29 is 9.53 Å². The number of rotatable bonds is 6. The van der Waals surface area contributed by atoms with Gasteiger partial charge in [-0.15, -0.1) is 10.2 Å². The van der Waals surface area contributed by atoms with Gasteiger partial charge < -0.3 is 14.6 Å². The van der Waals surface area contributed by atoms with Gasteiger partial charge in [-0.25, -0.2) is 0 Å². The Kier molecular flexibility index (Phi) is 5.84. The first-order valence-corrected chi connectivity index (χ1v) is 8.87. The van der Waals surface area contributed by atoms with Crippen LogP contribution in [-0.2, 0) is 23.1 Å². The second-order valence-electron chi connectivity index (χ2n) is 5.55. The van der Waals surface area contributed by atoms with Gasteiger partial charge >= 0.3 is 0 Å². The number of anilines is 1. The molecule has 1 saturated heterocycles. The van der Waals surface area contributed by atoms with E-state index in [1.54, 1.807) is 0 Å². The molecule has 0 saturated carbocycles. The number of nitrogens with zero attached hydrogens (tertiary/aromatic N) is 4. The summed E-state index contributed by atoms with van der Waals surface area (Å²) in [7, 11) is 1.94. The first-order valence-electron chi connectivity index (χ1n) is 7.88. The van der Waals surface area contributed by atoms with Crippen molar-refractivity contribution in [1.82, 2.24) is 19.7 Å². The molecule has 1 aromatic carbocycles. The molecule has 0 radical (unpaired) electrons. The highest BCUT2D eigenvalue weighted by Gasteiger charge is 2.16. The van der Waals surface area contributed by atoms with Crippen molar-refractivity contribution in [1.29, 1.82) is 0 Å². The molecule has 2 heterocycles. The van der Waals surface area contributed by atoms with Crippen LogP contribution in [0, 0.1) is 0 Å². The van der Waals surface area contributed by atoms with Crippen molar-refractivity contribution in [2.24, 2.45) is 7.05 Å². The minimum absolute atomic E-state index is 0.0519. The van der Waals surface area contributed by atoms with Gasteiger partial charge in [-0.2, -0.15) is 0 Å². The van der Waals surface area contributed by atoms with Gasteiger partial charge in [-0.05, 0) is 12.1 Å². The monoisotopic (exact) mass is 347 g/mol. The third-order valence-electron chi connectivity index (χ3n) is 3.78. The molecule has 1 aliphatic heterocycles. The van der Waals surface area contributed by atoms with Gasteiger partial charge in [0.1, 0.15) is 5.82 Å². The molecule has 3 rings (SSSR count). The average Bonchev–Trinajstić information content (AvgIpc) is 2.95. The van der Waals surface area contributed by atoms with Crippen LogP contribution in [0.4, 0.5) is 5.69 Å². The van der Waals surface area contributed by atoms with Crippen LogP contribution in [0.15, 0.2) is 35.5 Å². The van der Waals surface area contributed by atoms with E-state index in [1.165, 1.54) is 11.8 Å². The normalized spacial score (nSPS) is 15.4. The smallest absolute Gasteiger partial charge is 0.234 e. The van der Waals surface area contributed by atoms with E-state index in [1.807, 2.05) is 41.9 Å². The van der Waals surface area contributed by atoms with Crippen LogP contribution in [0.5, 0.6) is 0 Å². The van der Waals surface area contributed by atoms with E-state index in [2.05, 4.69) is 20.4 Å². The summed E-state index contributed by atoms with van der Waals surface area (Å²) in [6, 6.07) is 9.43. The van der Waals surface area contributed by atoms with Gasteiger partial charge in [0.25, 0.3) is 0 Å². The molecule has 7 nitrogen and oxygen atoms in total. The Hall–Kier alpha value is -1.90. The minimum Gasteiger partial charge on any atom is -0.379 e. The van der Waals surface area contributed by atoms with Gasteiger partial charge in [0.2, 0.25) is 5.91 Å². The number of morpholine rings is 1. The van der Waals surface area contributed by atoms with Crippen molar-refractivity contribution in [3.8, 4) is 0 Å². The third-order valence-corrected chi connectivity index (χ3v) is 4.80. The second kappa shape index (κ2) is 8.27. The van der Waals surface area contributed by atoms with Gasteiger partial charge in [0, 0.05) is 25.8 Å². The molecule has 0 spiro atoms. The quantitative estimate of drug-likeness (QED) is 0.796. The maximum absolute atomic E-state index is 12.0. The highest BCUT2D eigenvalue weighted by Crippen LogP contribution is 2.17. The zero-order chi connectivity index (χ0) is 16.8. The zero-order valence-corrected chi connectivity index (χ0v) is 14.5. The molecule has 0 bridgehead atoms. The lowest BCUT2D eigenvalue weighted by molar-refractivity contribution is -0.113. The van der Waals surface area contributed by atoms with E-state index in [9.17, 15) is 4.79 Å². The molecule has 1 aromatic heterocycles. The van der Waals surface area contributed by atoms with Gasteiger partial charge in [-0.3, -0.25) is 9.69 Å². The summed E-state index contributed by atoms with van der Waals surface area (Å²) in [6.45, 7) is 4.10. The maximum atomic E-state index is 12.0. The third kappa shape index (κ3) is 4.56. The molecule has 0 unspecified atom stereocenters. The molecule has 1 fully saturated rings. The Morgan fingerprint density at radius 3 is 2.75 bits per heavy atom. The standard InChI is InChI=1S/C16H21N5O2S/c1-20-14(11-21-7-9-23-10-8-21)18-19-16(20)24-12-15(22)17-13-5-3-2-4-6-13/h2-6H,7-12H2,1H3,(H,17,22). The van der Waals surface area contributed by atoms with Crippen LogP contribution >= 0.6 is 11.8 Å². The van der Waals surface area contributed by atoms with Gasteiger partial charge in [0.05, 0.1) is 25.5 Å². The number of nitrogens with one attached hydrogen (secondary N) is 1. The number of benzene rings is 1. The van der Waals surface area contributed by atoms with E-state index in [0.717, 1.165) is 49.5 Å². The summed E-state index contributed by atoms with van der Waals surface area (Å²) in [6.07, 6.45) is 0. The van der Waals surface area contributed by atoms with Crippen molar-refractivity contribution in [3.63, 3.8) is 0 Å². The number of para-hydroxylation sites is 1. The predicted octanol–water partition coefficient (Wildman–Crippen LogP) is 1.38. The van der Waals surface area contributed by atoms with Crippen LogP contribution in [0.1, 0.15) is 5.82 Å². The highest BCUT2D eigenvalue weighted by molar-refractivity contribution is 7.99. The molecular formula is C16H21N5O2S. The van der Waals surface area contributed by atoms with E-state index in [0.29, 0.717) is 5.75 Å². The summed E-state index contributed by atoms with van der Waals surface area (Å²) in [5, 5.41) is 12.1. The molecule has 8 heteroatoms. The molecular weight excluding hydrogens is 326 g/mol. The fraction of sp³-hybridized carbons (Fsp3) is 0.438. The van der Waals surface area contributed by atoms with Gasteiger partial charge in [0.15, 0.2) is 5.16 Å². The minimum atomic E-state index is -0.0519. The van der Waals surface area contributed by atoms with Crippen molar-refractivity contribution >= 4 is 23.4 Å². The molecule has 1 aliphatic rings. The molecule has 1 N–H and O–H groups in total. The second-order valence-corrected chi connectivity index (χ2v) is 6.49. The van der Waals surface area contributed by atoms with E-state index in [-0.39, 0.29) is 5.91 Å². The van der Waals surface area contributed by atoms with Crippen LogP contribution < -0.4 is 5.32 Å². The SMILES string of the molecule is Cn1c(CN2CCOCC2)nnc1SCC(=O)Nc1ccccc1. The summed E-state index contributed by atoms with van der Waals surface area (Å²) >= 11 is 1.39. The zero-order valence-electron chi connectivity index (χ0n) is 13.6. The fourth-order valence-electron chi connectivity index (χ4n) is 2.42. The lowest BCUT2D eigenvalue weighted by atomic mass is 10.3. The lowest BCUT2D eigenvalue weighted by Gasteiger charge is -2.25. The van der Waals surface area contributed by atoms with E-state index >= 15 is 0 Å². The first kappa shape index (κ1) is 16.9. The molecule has 24 heavy (non-hydrogen) atoms. The summed E-state index contributed by atoms with van der Waals surface area (Å²) in [5.74, 6) is 1.16. The number of amides is 1. The van der Waals surface area contributed by atoms with Crippen LogP contribution in [0.3, 0.4) is 0 Å². The highest BCUT2D eigenvalue weighted by atomic mass is 32.2. The molecule has 2 aromatic rings. The number of carbonyl (C=O) groups excluding carboxylic acids is 1. The Balaban J connectivity index is 1.51. The van der Waals surface area contributed by atoms with Crippen LogP contribution in [0.2, 0.25) is 0 Å². The van der Waals surface area contributed by atoms with Crippen molar-refractivity contribution in [3.05, 3.63) is 36.2 Å². The Labute approximate surface area is 145 Å². The Morgan fingerprint density at radius 1 is 1.25 bits per heavy atom.